The monoisotopic (exact) mass is 208 g/mol. The highest BCUT2D eigenvalue weighted by Crippen LogP contribution is 2.15. The maximum Gasteiger partial charge on any atom is 0.138 e. The molecule has 3 heteroatoms. The van der Waals surface area contributed by atoms with Crippen molar-refractivity contribution in [1.29, 1.82) is 0 Å². The Morgan fingerprint density at radius 2 is 2.13 bits per heavy atom. The summed E-state index contributed by atoms with van der Waals surface area (Å²) in [5.74, 6) is 0.844. The molecule has 0 aliphatic rings. The summed E-state index contributed by atoms with van der Waals surface area (Å²) >= 11 is 0. The second-order valence-corrected chi connectivity index (χ2v) is 3.77. The Labute approximate surface area is 91.9 Å². The molecule has 3 nitrogen and oxygen atoms in total. The second-order valence-electron chi connectivity index (χ2n) is 3.77. The third-order valence-corrected chi connectivity index (χ3v) is 2.55. The van der Waals surface area contributed by atoms with Crippen LogP contribution in [0.3, 0.4) is 0 Å². The Balaban J connectivity index is 2.64. The van der Waals surface area contributed by atoms with Crippen molar-refractivity contribution in [2.45, 2.75) is 39.3 Å². The van der Waals surface area contributed by atoms with Crippen molar-refractivity contribution in [3.05, 3.63) is 24.0 Å². The van der Waals surface area contributed by atoms with E-state index in [2.05, 4.69) is 31.1 Å². The minimum Gasteiger partial charge on any atom is -0.489 e. The number of aromatic nitrogens is 1. The molecule has 1 aromatic heterocycles. The van der Waals surface area contributed by atoms with Gasteiger partial charge in [0.1, 0.15) is 5.75 Å². The van der Waals surface area contributed by atoms with Gasteiger partial charge in [-0.1, -0.05) is 6.92 Å². The fourth-order valence-electron chi connectivity index (χ4n) is 1.18. The SMILES string of the molecule is CCC(C)Oc1ccc(C(C)NC)nc1. The standard InChI is InChI=1S/C12H20N2O/c1-5-9(2)15-11-6-7-12(14-8-11)10(3)13-4/h6-10,13H,5H2,1-4H3. The molecule has 0 amide bonds. The maximum atomic E-state index is 5.65. The van der Waals surface area contributed by atoms with Crippen molar-refractivity contribution in [3.63, 3.8) is 0 Å². The Morgan fingerprint density at radius 1 is 1.40 bits per heavy atom. The first-order valence-corrected chi connectivity index (χ1v) is 5.47. The van der Waals surface area contributed by atoms with Gasteiger partial charge in [-0.3, -0.25) is 4.98 Å². The minimum atomic E-state index is 0.249. The van der Waals surface area contributed by atoms with Crippen LogP contribution in [-0.4, -0.2) is 18.1 Å². The van der Waals surface area contributed by atoms with Crippen LogP contribution in [0.2, 0.25) is 0 Å². The van der Waals surface area contributed by atoms with E-state index < -0.39 is 0 Å². The number of nitrogens with one attached hydrogen (secondary N) is 1. The molecule has 1 rings (SSSR count). The number of hydrogen-bond acceptors (Lipinski definition) is 3. The van der Waals surface area contributed by atoms with E-state index in [0.717, 1.165) is 17.9 Å². The van der Waals surface area contributed by atoms with Crippen molar-refractivity contribution in [3.8, 4) is 5.75 Å². The van der Waals surface area contributed by atoms with Gasteiger partial charge in [-0.25, -0.2) is 0 Å². The van der Waals surface area contributed by atoms with Crippen LogP contribution in [0.25, 0.3) is 0 Å². The summed E-state index contributed by atoms with van der Waals surface area (Å²) in [6.45, 7) is 6.25. The summed E-state index contributed by atoms with van der Waals surface area (Å²) < 4.78 is 5.65. The molecule has 15 heavy (non-hydrogen) atoms. The Hall–Kier alpha value is -1.09. The number of rotatable bonds is 5. The quantitative estimate of drug-likeness (QED) is 0.807. The second kappa shape index (κ2) is 5.71. The van der Waals surface area contributed by atoms with Crippen molar-refractivity contribution in [1.82, 2.24) is 10.3 Å². The van der Waals surface area contributed by atoms with Crippen LogP contribution < -0.4 is 10.1 Å². The number of ether oxygens (including phenoxy) is 1. The van der Waals surface area contributed by atoms with Crippen LogP contribution in [0.5, 0.6) is 5.75 Å². The third-order valence-electron chi connectivity index (χ3n) is 2.55. The van der Waals surface area contributed by atoms with E-state index in [1.165, 1.54) is 0 Å². The van der Waals surface area contributed by atoms with E-state index >= 15 is 0 Å². The van der Waals surface area contributed by atoms with E-state index in [1.807, 2.05) is 19.2 Å². The minimum absolute atomic E-state index is 0.249. The smallest absolute Gasteiger partial charge is 0.138 e. The average Bonchev–Trinajstić information content (AvgIpc) is 2.29. The van der Waals surface area contributed by atoms with Crippen molar-refractivity contribution >= 4 is 0 Å². The van der Waals surface area contributed by atoms with E-state index in [9.17, 15) is 0 Å². The lowest BCUT2D eigenvalue weighted by Gasteiger charge is -2.13. The lowest BCUT2D eigenvalue weighted by molar-refractivity contribution is 0.216. The molecule has 0 fully saturated rings. The Morgan fingerprint density at radius 3 is 2.60 bits per heavy atom. The normalized spacial score (nSPS) is 14.7. The molecule has 2 atom stereocenters. The fraction of sp³-hybridized carbons (Fsp3) is 0.583. The van der Waals surface area contributed by atoms with Gasteiger partial charge >= 0.3 is 0 Å². The third kappa shape index (κ3) is 3.51. The molecule has 1 N–H and O–H groups in total. The first-order chi connectivity index (χ1) is 7.17. The van der Waals surface area contributed by atoms with E-state index in [-0.39, 0.29) is 12.1 Å². The summed E-state index contributed by atoms with van der Waals surface area (Å²) in [5.41, 5.74) is 1.04. The van der Waals surface area contributed by atoms with Crippen molar-refractivity contribution in [2.75, 3.05) is 7.05 Å². The zero-order valence-electron chi connectivity index (χ0n) is 9.95. The van der Waals surface area contributed by atoms with Crippen LogP contribution in [0.4, 0.5) is 0 Å². The highest BCUT2D eigenvalue weighted by atomic mass is 16.5. The predicted octanol–water partition coefficient (Wildman–Crippen LogP) is 2.54. The van der Waals surface area contributed by atoms with Gasteiger partial charge in [-0.2, -0.15) is 0 Å². The van der Waals surface area contributed by atoms with Gasteiger partial charge in [0.05, 0.1) is 18.0 Å². The van der Waals surface area contributed by atoms with Gasteiger partial charge in [0, 0.05) is 6.04 Å². The van der Waals surface area contributed by atoms with E-state index in [0.29, 0.717) is 0 Å². The topological polar surface area (TPSA) is 34.1 Å². The number of nitrogens with zero attached hydrogens (tertiary/aromatic N) is 1. The van der Waals surface area contributed by atoms with Gasteiger partial charge in [0.2, 0.25) is 0 Å². The van der Waals surface area contributed by atoms with E-state index in [1.54, 1.807) is 6.20 Å². The van der Waals surface area contributed by atoms with Gasteiger partial charge in [-0.15, -0.1) is 0 Å². The molecule has 84 valence electrons. The molecular formula is C12H20N2O. The Bertz CT molecular complexity index is 284. The number of hydrogen-bond donors (Lipinski definition) is 1. The Kier molecular flexibility index (Phi) is 4.56. The lowest BCUT2D eigenvalue weighted by atomic mass is 10.2. The van der Waals surface area contributed by atoms with Gasteiger partial charge < -0.3 is 10.1 Å². The molecule has 2 unspecified atom stereocenters. The molecule has 0 aliphatic carbocycles. The highest BCUT2D eigenvalue weighted by Gasteiger charge is 2.05. The summed E-state index contributed by atoms with van der Waals surface area (Å²) in [6, 6.07) is 4.25. The summed E-state index contributed by atoms with van der Waals surface area (Å²) in [6.07, 6.45) is 3.05. The average molecular weight is 208 g/mol. The summed E-state index contributed by atoms with van der Waals surface area (Å²) in [4.78, 5) is 4.35. The molecule has 1 aromatic rings. The fourth-order valence-corrected chi connectivity index (χ4v) is 1.18. The highest BCUT2D eigenvalue weighted by molar-refractivity contribution is 5.21. The molecule has 0 radical (unpaired) electrons. The van der Waals surface area contributed by atoms with Crippen LogP contribution in [-0.2, 0) is 0 Å². The van der Waals surface area contributed by atoms with Gasteiger partial charge in [0.15, 0.2) is 0 Å². The molecule has 0 aromatic carbocycles. The predicted molar refractivity (Wildman–Crippen MR) is 62.1 cm³/mol. The first-order valence-electron chi connectivity index (χ1n) is 5.47. The molecule has 0 saturated carbocycles. The zero-order valence-corrected chi connectivity index (χ0v) is 9.95. The van der Waals surface area contributed by atoms with Crippen LogP contribution >= 0.6 is 0 Å². The summed E-state index contributed by atoms with van der Waals surface area (Å²) in [7, 11) is 1.93. The van der Waals surface area contributed by atoms with Crippen molar-refractivity contribution < 1.29 is 4.74 Å². The number of pyridine rings is 1. The van der Waals surface area contributed by atoms with Gasteiger partial charge in [0.25, 0.3) is 0 Å². The van der Waals surface area contributed by atoms with E-state index in [4.69, 9.17) is 4.74 Å². The summed E-state index contributed by atoms with van der Waals surface area (Å²) in [5, 5.41) is 3.15. The molecule has 0 spiro atoms. The zero-order chi connectivity index (χ0) is 11.3. The molecule has 0 bridgehead atoms. The van der Waals surface area contributed by atoms with Crippen LogP contribution in [0.1, 0.15) is 38.9 Å². The first kappa shape index (κ1) is 12.0. The lowest BCUT2D eigenvalue weighted by Crippen LogP contribution is -2.14. The van der Waals surface area contributed by atoms with Crippen LogP contribution in [0.15, 0.2) is 18.3 Å². The molecule has 0 aliphatic heterocycles. The largest absolute Gasteiger partial charge is 0.489 e. The molecule has 1 heterocycles. The van der Waals surface area contributed by atoms with Gasteiger partial charge in [-0.05, 0) is 39.4 Å². The van der Waals surface area contributed by atoms with Crippen molar-refractivity contribution in [2.24, 2.45) is 0 Å². The molecular weight excluding hydrogens is 188 g/mol. The molecule has 0 saturated heterocycles. The van der Waals surface area contributed by atoms with Crippen LogP contribution in [0, 0.1) is 0 Å². The maximum absolute atomic E-state index is 5.65.